The number of likely N-dealkylation sites (N-methyl/N-ethyl adjacent to an activating group) is 1. The van der Waals surface area contributed by atoms with Crippen molar-refractivity contribution < 1.29 is 17.6 Å². The van der Waals surface area contributed by atoms with Gasteiger partial charge in [-0.3, -0.25) is 4.90 Å². The van der Waals surface area contributed by atoms with Crippen molar-refractivity contribution in [3.63, 3.8) is 0 Å². The summed E-state index contributed by atoms with van der Waals surface area (Å²) in [5, 5.41) is 0. The molecule has 1 aromatic heterocycles. The number of hydrogen-bond acceptors (Lipinski definition) is 5. The highest BCUT2D eigenvalue weighted by atomic mass is 32.2. The third-order valence-electron chi connectivity index (χ3n) is 3.96. The van der Waals surface area contributed by atoms with Crippen LogP contribution in [0.15, 0.2) is 52.0 Å². The molecule has 0 saturated heterocycles. The minimum Gasteiger partial charge on any atom is -0.497 e. The van der Waals surface area contributed by atoms with Gasteiger partial charge in [0.05, 0.1) is 24.3 Å². The van der Waals surface area contributed by atoms with Gasteiger partial charge in [-0.2, -0.15) is 0 Å². The lowest BCUT2D eigenvalue weighted by Crippen LogP contribution is -2.37. The molecule has 6 nitrogen and oxygen atoms in total. The number of methoxy groups -OCH3 is 1. The molecule has 0 aliphatic carbocycles. The van der Waals surface area contributed by atoms with Crippen molar-refractivity contribution in [3.8, 4) is 5.75 Å². The van der Waals surface area contributed by atoms with E-state index in [4.69, 9.17) is 9.15 Å². The van der Waals surface area contributed by atoms with Gasteiger partial charge in [-0.05, 0) is 49.5 Å². The Kier molecular flexibility index (Phi) is 6.42. The molecule has 2 rings (SSSR count). The number of ether oxygens (including phenoxy) is 1. The normalized spacial score (nSPS) is 13.2. The van der Waals surface area contributed by atoms with E-state index in [1.165, 1.54) is 12.1 Å². The number of nitrogens with one attached hydrogen (secondary N) is 1. The van der Waals surface area contributed by atoms with Crippen LogP contribution in [0.4, 0.5) is 0 Å². The van der Waals surface area contributed by atoms with Crippen LogP contribution < -0.4 is 9.46 Å². The summed E-state index contributed by atoms with van der Waals surface area (Å²) in [6.07, 6.45) is 1.60. The van der Waals surface area contributed by atoms with Gasteiger partial charge in [0.2, 0.25) is 10.0 Å². The van der Waals surface area contributed by atoms with Gasteiger partial charge in [-0.25, -0.2) is 13.1 Å². The lowest BCUT2D eigenvalue weighted by molar-refractivity contribution is 0.194. The fraction of sp³-hybridized carbons (Fsp3) is 0.412. The van der Waals surface area contributed by atoms with Crippen molar-refractivity contribution in [2.24, 2.45) is 0 Å². The fourth-order valence-corrected chi connectivity index (χ4v) is 3.62. The second-order valence-electron chi connectivity index (χ2n) is 5.28. The second-order valence-corrected chi connectivity index (χ2v) is 7.05. The molecule has 0 aliphatic rings. The summed E-state index contributed by atoms with van der Waals surface area (Å²) in [4.78, 5) is 2.36. The van der Waals surface area contributed by atoms with Crippen molar-refractivity contribution in [2.45, 2.75) is 24.8 Å². The van der Waals surface area contributed by atoms with Gasteiger partial charge in [0, 0.05) is 6.54 Å². The Morgan fingerprint density at radius 2 is 1.83 bits per heavy atom. The van der Waals surface area contributed by atoms with Crippen molar-refractivity contribution in [2.75, 3.05) is 26.7 Å². The molecule has 1 unspecified atom stereocenters. The van der Waals surface area contributed by atoms with E-state index in [1.807, 2.05) is 26.0 Å². The van der Waals surface area contributed by atoms with Crippen LogP contribution >= 0.6 is 0 Å². The minimum absolute atomic E-state index is 0.150. The molecule has 2 aromatic rings. The zero-order valence-electron chi connectivity index (χ0n) is 14.2. The fourth-order valence-electron chi connectivity index (χ4n) is 2.58. The van der Waals surface area contributed by atoms with E-state index in [0.29, 0.717) is 5.75 Å². The lowest BCUT2D eigenvalue weighted by atomic mass is 10.2. The molecule has 1 heterocycles. The maximum Gasteiger partial charge on any atom is 0.240 e. The first-order valence-corrected chi connectivity index (χ1v) is 9.41. The average Bonchev–Trinajstić information content (AvgIpc) is 3.13. The van der Waals surface area contributed by atoms with Crippen LogP contribution in [0.2, 0.25) is 0 Å². The van der Waals surface area contributed by atoms with E-state index in [-0.39, 0.29) is 17.5 Å². The topological polar surface area (TPSA) is 71.8 Å². The largest absolute Gasteiger partial charge is 0.497 e. The molecule has 24 heavy (non-hydrogen) atoms. The van der Waals surface area contributed by atoms with Gasteiger partial charge in [0.25, 0.3) is 0 Å². The smallest absolute Gasteiger partial charge is 0.240 e. The van der Waals surface area contributed by atoms with E-state index in [1.54, 1.807) is 25.5 Å². The number of nitrogens with zero attached hydrogens (tertiary/aromatic N) is 1. The predicted molar refractivity (Wildman–Crippen MR) is 92.6 cm³/mol. The summed E-state index contributed by atoms with van der Waals surface area (Å²) in [5.74, 6) is 1.36. The van der Waals surface area contributed by atoms with Gasteiger partial charge in [-0.15, -0.1) is 0 Å². The summed E-state index contributed by atoms with van der Waals surface area (Å²) in [6.45, 7) is 5.91. The Labute approximate surface area is 143 Å². The van der Waals surface area contributed by atoms with Crippen LogP contribution in [0.3, 0.4) is 0 Å². The summed E-state index contributed by atoms with van der Waals surface area (Å²) in [7, 11) is -2.05. The van der Waals surface area contributed by atoms with Crippen LogP contribution in [0.25, 0.3) is 0 Å². The third-order valence-corrected chi connectivity index (χ3v) is 5.40. The summed E-state index contributed by atoms with van der Waals surface area (Å²) >= 11 is 0. The van der Waals surface area contributed by atoms with E-state index < -0.39 is 10.0 Å². The Hall–Kier alpha value is -1.83. The monoisotopic (exact) mass is 352 g/mol. The van der Waals surface area contributed by atoms with Crippen molar-refractivity contribution in [1.29, 1.82) is 0 Å². The zero-order valence-corrected chi connectivity index (χ0v) is 15.0. The molecule has 0 spiro atoms. The van der Waals surface area contributed by atoms with Crippen molar-refractivity contribution in [1.82, 2.24) is 9.62 Å². The van der Waals surface area contributed by atoms with Gasteiger partial charge < -0.3 is 9.15 Å². The maximum absolute atomic E-state index is 12.5. The first-order valence-electron chi connectivity index (χ1n) is 7.93. The molecule has 1 N–H and O–H groups in total. The molecule has 0 saturated carbocycles. The SMILES string of the molecule is CCN(CC)C(CNS(=O)(=O)c1ccc(OC)cc1)c1ccco1. The molecule has 1 atom stereocenters. The highest BCUT2D eigenvalue weighted by Gasteiger charge is 2.23. The molecule has 0 amide bonds. The predicted octanol–water partition coefficient (Wildman–Crippen LogP) is 2.65. The quantitative estimate of drug-likeness (QED) is 0.751. The van der Waals surface area contributed by atoms with Gasteiger partial charge in [0.1, 0.15) is 11.5 Å². The molecule has 0 fully saturated rings. The van der Waals surface area contributed by atoms with Gasteiger partial charge in [0.15, 0.2) is 0 Å². The highest BCUT2D eigenvalue weighted by Crippen LogP contribution is 2.21. The van der Waals surface area contributed by atoms with E-state index in [2.05, 4.69) is 9.62 Å². The first-order chi connectivity index (χ1) is 11.5. The number of sulfonamides is 1. The standard InChI is InChI=1S/C17H24N2O4S/c1-4-19(5-2)16(17-7-6-12-23-17)13-18-24(20,21)15-10-8-14(22-3)9-11-15/h6-12,16,18H,4-5,13H2,1-3H3. The third kappa shape index (κ3) is 4.37. The van der Waals surface area contributed by atoms with Crippen LogP contribution in [-0.4, -0.2) is 40.1 Å². The average molecular weight is 352 g/mol. The molecular formula is C17H24N2O4S. The number of furan rings is 1. The molecule has 132 valence electrons. The van der Waals surface area contributed by atoms with Gasteiger partial charge >= 0.3 is 0 Å². The van der Waals surface area contributed by atoms with Crippen LogP contribution in [0.5, 0.6) is 5.75 Å². The van der Waals surface area contributed by atoms with E-state index in [0.717, 1.165) is 18.8 Å². The lowest BCUT2D eigenvalue weighted by Gasteiger charge is -2.28. The highest BCUT2D eigenvalue weighted by molar-refractivity contribution is 7.89. The molecule has 0 bridgehead atoms. The molecule has 0 radical (unpaired) electrons. The molecule has 1 aromatic carbocycles. The molecule has 0 aliphatic heterocycles. The van der Waals surface area contributed by atoms with E-state index >= 15 is 0 Å². The second kappa shape index (κ2) is 8.32. The van der Waals surface area contributed by atoms with E-state index in [9.17, 15) is 8.42 Å². The Morgan fingerprint density at radius 1 is 1.17 bits per heavy atom. The minimum atomic E-state index is -3.60. The summed E-state index contributed by atoms with van der Waals surface area (Å²) in [5.41, 5.74) is 0. The molecular weight excluding hydrogens is 328 g/mol. The van der Waals surface area contributed by atoms with Crippen LogP contribution in [0.1, 0.15) is 25.6 Å². The maximum atomic E-state index is 12.5. The number of rotatable bonds is 9. The molecule has 7 heteroatoms. The Bertz CT molecular complexity index is 708. The summed E-state index contributed by atoms with van der Waals surface area (Å²) < 4.78 is 38.2. The van der Waals surface area contributed by atoms with Gasteiger partial charge in [-0.1, -0.05) is 13.8 Å². The van der Waals surface area contributed by atoms with Crippen LogP contribution in [-0.2, 0) is 10.0 Å². The van der Waals surface area contributed by atoms with Crippen molar-refractivity contribution >= 4 is 10.0 Å². The number of hydrogen-bond donors (Lipinski definition) is 1. The first kappa shape index (κ1) is 18.5. The summed E-state index contributed by atoms with van der Waals surface area (Å²) in [6, 6.07) is 9.84. The van der Waals surface area contributed by atoms with Crippen molar-refractivity contribution in [3.05, 3.63) is 48.4 Å². The Morgan fingerprint density at radius 3 is 2.33 bits per heavy atom. The zero-order chi connectivity index (χ0) is 17.6. The Balaban J connectivity index is 2.14. The number of benzene rings is 1. The van der Waals surface area contributed by atoms with Crippen LogP contribution in [0, 0.1) is 0 Å².